The lowest BCUT2D eigenvalue weighted by Gasteiger charge is -2.34. The Morgan fingerprint density at radius 2 is 2.08 bits per heavy atom. The van der Waals surface area contributed by atoms with Gasteiger partial charge in [0.15, 0.2) is 5.75 Å². The summed E-state index contributed by atoms with van der Waals surface area (Å²) in [5.41, 5.74) is 0.380. The molecule has 1 atom stereocenters. The van der Waals surface area contributed by atoms with Crippen molar-refractivity contribution in [3.63, 3.8) is 0 Å². The Bertz CT molecular complexity index is 1160. The van der Waals surface area contributed by atoms with Crippen LogP contribution in [0.15, 0.2) is 30.3 Å². The summed E-state index contributed by atoms with van der Waals surface area (Å²) in [5.74, 6) is -0.917. The van der Waals surface area contributed by atoms with Crippen LogP contribution in [0.25, 0.3) is 0 Å². The van der Waals surface area contributed by atoms with Crippen LogP contribution in [0, 0.1) is 5.92 Å². The lowest BCUT2D eigenvalue weighted by atomic mass is 9.85. The van der Waals surface area contributed by atoms with E-state index in [-0.39, 0.29) is 55.2 Å². The molecule has 1 aliphatic carbocycles. The summed E-state index contributed by atoms with van der Waals surface area (Å²) in [6, 6.07) is 6.74. The van der Waals surface area contributed by atoms with Crippen molar-refractivity contribution in [1.29, 1.82) is 0 Å². The summed E-state index contributed by atoms with van der Waals surface area (Å²) in [4.78, 5) is 41.8. The minimum atomic E-state index is -3.13. The molecule has 0 radical (unpaired) electrons. The van der Waals surface area contributed by atoms with Crippen molar-refractivity contribution in [1.82, 2.24) is 10.2 Å². The fourth-order valence-electron chi connectivity index (χ4n) is 4.37. The van der Waals surface area contributed by atoms with Crippen LogP contribution >= 0.6 is 22.9 Å². The van der Waals surface area contributed by atoms with Gasteiger partial charge in [-0.3, -0.25) is 19.3 Å². The van der Waals surface area contributed by atoms with Crippen molar-refractivity contribution < 1.29 is 32.6 Å². The molecule has 3 amide bonds. The van der Waals surface area contributed by atoms with Gasteiger partial charge in [0.1, 0.15) is 12.6 Å². The van der Waals surface area contributed by atoms with E-state index in [4.69, 9.17) is 16.3 Å². The maximum absolute atomic E-state index is 13.4. The van der Waals surface area contributed by atoms with Crippen LogP contribution in [0.2, 0.25) is 4.34 Å². The number of halogens is 3. The zero-order valence-electron chi connectivity index (χ0n) is 20.8. The Morgan fingerprint density at radius 3 is 2.71 bits per heavy atom. The molecule has 1 aromatic carbocycles. The number of benzene rings is 1. The highest BCUT2D eigenvalue weighted by molar-refractivity contribution is 7.18. The van der Waals surface area contributed by atoms with Gasteiger partial charge in [0.25, 0.3) is 11.8 Å². The van der Waals surface area contributed by atoms with Crippen LogP contribution in [0.1, 0.15) is 28.9 Å². The molecule has 2 N–H and O–H groups in total. The van der Waals surface area contributed by atoms with Crippen molar-refractivity contribution in [3.05, 3.63) is 39.5 Å². The number of carbonyl (C=O) groups is 3. The molecule has 0 unspecified atom stereocenters. The van der Waals surface area contributed by atoms with Gasteiger partial charge >= 0.3 is 6.61 Å². The van der Waals surface area contributed by atoms with Crippen molar-refractivity contribution >= 4 is 52.0 Å². The van der Waals surface area contributed by atoms with Crippen molar-refractivity contribution in [2.24, 2.45) is 5.92 Å². The number of thiophene rings is 1. The number of morpholine rings is 1. The molecule has 9 nitrogen and oxygen atoms in total. The molecule has 1 saturated carbocycles. The van der Waals surface area contributed by atoms with Crippen LogP contribution in [-0.2, 0) is 14.3 Å². The number of amides is 3. The molecule has 4 rings (SSSR count). The first kappa shape index (κ1) is 28.2. The largest absolute Gasteiger partial charge is 0.433 e. The van der Waals surface area contributed by atoms with Crippen LogP contribution in [0.4, 0.5) is 20.2 Å². The lowest BCUT2D eigenvalue weighted by Crippen LogP contribution is -2.51. The Morgan fingerprint density at radius 1 is 1.29 bits per heavy atom. The molecular formula is C25H29ClF2N4O5S. The van der Waals surface area contributed by atoms with Crippen LogP contribution in [-0.4, -0.2) is 75.2 Å². The maximum Gasteiger partial charge on any atom is 0.387 e. The summed E-state index contributed by atoms with van der Waals surface area (Å²) in [5, 5.41) is 5.55. The number of anilines is 2. The molecule has 38 heavy (non-hydrogen) atoms. The number of hydrogen-bond acceptors (Lipinski definition) is 7. The number of nitrogens with zero attached hydrogens (tertiary/aromatic N) is 2. The number of carbonyl (C=O) groups excluding carboxylic acids is 3. The smallest absolute Gasteiger partial charge is 0.387 e. The molecule has 13 heteroatoms. The Labute approximate surface area is 228 Å². The van der Waals surface area contributed by atoms with Crippen LogP contribution in [0.5, 0.6) is 5.75 Å². The van der Waals surface area contributed by atoms with Crippen molar-refractivity contribution in [2.75, 3.05) is 50.1 Å². The number of nitrogens with one attached hydrogen (secondary N) is 2. The summed E-state index contributed by atoms with van der Waals surface area (Å²) >= 11 is 7.07. The Balaban J connectivity index is 1.50. The van der Waals surface area contributed by atoms with E-state index in [0.717, 1.165) is 30.6 Å². The van der Waals surface area contributed by atoms with E-state index in [1.807, 2.05) is 11.9 Å². The second-order valence-electron chi connectivity index (χ2n) is 9.21. The van der Waals surface area contributed by atoms with Gasteiger partial charge in [-0.2, -0.15) is 8.78 Å². The minimum Gasteiger partial charge on any atom is -0.433 e. The number of alkyl halides is 2. The first-order valence-corrected chi connectivity index (χ1v) is 13.4. The SMILES string of the molecule is CN(CC1CCC1)[C@H](CNC(=O)c1ccc(Cl)s1)C(=O)Nc1ccc(N2CCOCC2=O)c(OC(F)F)c1. The van der Waals surface area contributed by atoms with E-state index in [1.54, 1.807) is 12.1 Å². The maximum atomic E-state index is 13.4. The van der Waals surface area contributed by atoms with Gasteiger partial charge in [0, 0.05) is 31.4 Å². The van der Waals surface area contributed by atoms with Gasteiger partial charge in [-0.15, -0.1) is 11.3 Å². The van der Waals surface area contributed by atoms with Gasteiger partial charge in [0.05, 0.1) is 21.5 Å². The topological polar surface area (TPSA) is 100 Å². The molecule has 2 fully saturated rings. The molecule has 1 aromatic heterocycles. The lowest BCUT2D eigenvalue weighted by molar-refractivity contribution is -0.126. The summed E-state index contributed by atoms with van der Waals surface area (Å²) in [6.07, 6.45) is 3.31. The van der Waals surface area contributed by atoms with Crippen LogP contribution < -0.4 is 20.3 Å². The molecule has 0 spiro atoms. The van der Waals surface area contributed by atoms with Crippen molar-refractivity contribution in [3.8, 4) is 5.75 Å². The first-order valence-electron chi connectivity index (χ1n) is 12.2. The standard InChI is InChI=1S/C25H29ClF2N4O5S/c1-31(13-15-3-2-4-15)18(12-29-24(35)20-7-8-21(26)38-20)23(34)30-16-5-6-17(19(11-16)37-25(27)28)32-9-10-36-14-22(32)33/h5-8,11,15,18,25H,2-4,9-10,12-14H2,1H3,(H,29,35)(H,30,34)/t18-/m1/s1. The predicted molar refractivity (Wildman–Crippen MR) is 140 cm³/mol. The molecule has 2 aromatic rings. The molecular weight excluding hydrogens is 542 g/mol. The van der Waals surface area contributed by atoms with E-state index in [9.17, 15) is 23.2 Å². The van der Waals surface area contributed by atoms with Gasteiger partial charge in [-0.25, -0.2) is 0 Å². The second-order valence-corrected chi connectivity index (χ2v) is 10.9. The third-order valence-electron chi connectivity index (χ3n) is 6.58. The normalized spacial score (nSPS) is 16.9. The highest BCUT2D eigenvalue weighted by Gasteiger charge is 2.29. The molecule has 0 bridgehead atoms. The fraction of sp³-hybridized carbons (Fsp3) is 0.480. The summed E-state index contributed by atoms with van der Waals surface area (Å²) in [7, 11) is 1.81. The highest BCUT2D eigenvalue weighted by Crippen LogP contribution is 2.34. The predicted octanol–water partition coefficient (Wildman–Crippen LogP) is 3.84. The van der Waals surface area contributed by atoms with E-state index >= 15 is 0 Å². The first-order chi connectivity index (χ1) is 18.2. The second kappa shape index (κ2) is 12.8. The molecule has 1 aliphatic heterocycles. The third-order valence-corrected chi connectivity index (χ3v) is 7.81. The van der Waals surface area contributed by atoms with Crippen LogP contribution in [0.3, 0.4) is 0 Å². The zero-order chi connectivity index (χ0) is 27.2. The fourth-order valence-corrected chi connectivity index (χ4v) is 5.33. The quantitative estimate of drug-likeness (QED) is 0.426. The minimum absolute atomic E-state index is 0.0319. The van der Waals surface area contributed by atoms with E-state index in [2.05, 4.69) is 15.4 Å². The van der Waals surface area contributed by atoms with Gasteiger partial charge < -0.3 is 25.0 Å². The summed E-state index contributed by atoms with van der Waals surface area (Å²) < 4.78 is 36.6. The van der Waals surface area contributed by atoms with Gasteiger partial charge in [0.2, 0.25) is 5.91 Å². The average Bonchev–Trinajstić information content (AvgIpc) is 3.28. The number of ether oxygens (including phenoxy) is 2. The van der Waals surface area contributed by atoms with Crippen molar-refractivity contribution in [2.45, 2.75) is 31.9 Å². The Hall–Kier alpha value is -2.80. The number of rotatable bonds is 11. The third kappa shape index (κ3) is 7.19. The summed E-state index contributed by atoms with van der Waals surface area (Å²) in [6.45, 7) is -2.13. The zero-order valence-corrected chi connectivity index (χ0v) is 22.3. The molecule has 2 aliphatic rings. The monoisotopic (exact) mass is 570 g/mol. The van der Waals surface area contributed by atoms with E-state index < -0.39 is 18.6 Å². The molecule has 2 heterocycles. The van der Waals surface area contributed by atoms with Gasteiger partial charge in [-0.05, 0) is 50.1 Å². The number of hydrogen-bond donors (Lipinski definition) is 2. The van der Waals surface area contributed by atoms with E-state index in [0.29, 0.717) is 21.7 Å². The molecule has 206 valence electrons. The Kier molecular flexibility index (Phi) is 9.53. The van der Waals surface area contributed by atoms with Gasteiger partial charge in [-0.1, -0.05) is 18.0 Å². The molecule has 1 saturated heterocycles. The van der Waals surface area contributed by atoms with E-state index in [1.165, 1.54) is 23.1 Å². The number of likely N-dealkylation sites (N-methyl/N-ethyl adjacent to an activating group) is 1. The average molecular weight is 571 g/mol. The highest BCUT2D eigenvalue weighted by atomic mass is 35.5.